The number of para-hydroxylation sites is 2. The van der Waals surface area contributed by atoms with Gasteiger partial charge in [-0.2, -0.15) is 5.26 Å². The molecule has 1 N–H and O–H groups in total. The normalized spacial score (nSPS) is 10.6. The minimum Gasteiger partial charge on any atom is -0.354 e. The molecule has 1 aromatic heterocycles. The quantitative estimate of drug-likeness (QED) is 0.529. The number of fused-ring (bicyclic) bond motifs is 2. The first-order valence-electron chi connectivity index (χ1n) is 7.40. The second kappa shape index (κ2) is 5.43. The molecule has 0 aliphatic carbocycles. The molecule has 0 unspecified atom stereocenters. The number of pyridine rings is 1. The molecule has 0 saturated heterocycles. The first-order valence-corrected chi connectivity index (χ1v) is 7.40. The highest BCUT2D eigenvalue weighted by atomic mass is 14.9. The van der Waals surface area contributed by atoms with E-state index < -0.39 is 0 Å². The Morgan fingerprint density at radius 3 is 2.09 bits per heavy atom. The molecular formula is C20H13N3. The molecule has 3 heteroatoms. The van der Waals surface area contributed by atoms with Gasteiger partial charge in [-0.05, 0) is 30.3 Å². The SMILES string of the molecule is N#Cc1cccc(Nc2c3ccccc3nc3ccccc23)c1. The fraction of sp³-hybridized carbons (Fsp3) is 0. The van der Waals surface area contributed by atoms with E-state index in [0.29, 0.717) is 5.56 Å². The molecule has 23 heavy (non-hydrogen) atoms. The van der Waals surface area contributed by atoms with Gasteiger partial charge in [-0.15, -0.1) is 0 Å². The number of nitriles is 1. The van der Waals surface area contributed by atoms with E-state index >= 15 is 0 Å². The number of hydrogen-bond acceptors (Lipinski definition) is 3. The largest absolute Gasteiger partial charge is 0.354 e. The lowest BCUT2D eigenvalue weighted by Gasteiger charge is -2.13. The van der Waals surface area contributed by atoms with Gasteiger partial charge < -0.3 is 5.32 Å². The van der Waals surface area contributed by atoms with Crippen LogP contribution in [0.2, 0.25) is 0 Å². The van der Waals surface area contributed by atoms with Crippen LogP contribution in [0.5, 0.6) is 0 Å². The Balaban J connectivity index is 1.97. The van der Waals surface area contributed by atoms with E-state index in [1.165, 1.54) is 0 Å². The molecule has 0 fully saturated rings. The molecule has 0 aliphatic heterocycles. The first kappa shape index (κ1) is 13.3. The Bertz CT molecular complexity index is 1010. The summed E-state index contributed by atoms with van der Waals surface area (Å²) in [4.78, 5) is 4.72. The molecule has 0 radical (unpaired) electrons. The van der Waals surface area contributed by atoms with E-state index in [1.807, 2.05) is 54.6 Å². The van der Waals surface area contributed by atoms with Gasteiger partial charge in [0.05, 0.1) is 28.4 Å². The van der Waals surface area contributed by atoms with Crippen molar-refractivity contribution in [2.75, 3.05) is 5.32 Å². The van der Waals surface area contributed by atoms with Crippen LogP contribution in [-0.4, -0.2) is 4.98 Å². The summed E-state index contributed by atoms with van der Waals surface area (Å²) in [6.45, 7) is 0. The predicted molar refractivity (Wildman–Crippen MR) is 93.7 cm³/mol. The molecule has 0 amide bonds. The van der Waals surface area contributed by atoms with E-state index in [-0.39, 0.29) is 0 Å². The lowest BCUT2D eigenvalue weighted by Crippen LogP contribution is -1.95. The third-order valence-corrected chi connectivity index (χ3v) is 3.85. The van der Waals surface area contributed by atoms with Gasteiger partial charge in [0, 0.05) is 16.5 Å². The number of benzene rings is 3. The molecule has 108 valence electrons. The average molecular weight is 295 g/mol. The summed E-state index contributed by atoms with van der Waals surface area (Å²) in [5.41, 5.74) is 4.44. The van der Waals surface area contributed by atoms with Crippen LogP contribution < -0.4 is 5.32 Å². The highest BCUT2D eigenvalue weighted by molar-refractivity contribution is 6.08. The molecule has 3 nitrogen and oxygen atoms in total. The second-order valence-corrected chi connectivity index (χ2v) is 5.34. The minimum absolute atomic E-state index is 0.637. The fourth-order valence-corrected chi connectivity index (χ4v) is 2.79. The number of aromatic nitrogens is 1. The summed E-state index contributed by atoms with van der Waals surface area (Å²) >= 11 is 0. The Labute approximate surface area is 133 Å². The first-order chi connectivity index (χ1) is 11.3. The third-order valence-electron chi connectivity index (χ3n) is 3.85. The number of hydrogen-bond donors (Lipinski definition) is 1. The lowest BCUT2D eigenvalue weighted by atomic mass is 10.1. The molecular weight excluding hydrogens is 282 g/mol. The van der Waals surface area contributed by atoms with Crippen molar-refractivity contribution in [3.8, 4) is 6.07 Å². The Kier molecular flexibility index (Phi) is 3.14. The van der Waals surface area contributed by atoms with E-state index in [9.17, 15) is 0 Å². The van der Waals surface area contributed by atoms with Gasteiger partial charge in [0.1, 0.15) is 0 Å². The lowest BCUT2D eigenvalue weighted by molar-refractivity contribution is 1.47. The Morgan fingerprint density at radius 2 is 1.43 bits per heavy atom. The van der Waals surface area contributed by atoms with E-state index in [0.717, 1.165) is 33.2 Å². The standard InChI is InChI=1S/C20H13N3/c21-13-14-6-5-7-15(12-14)22-20-16-8-1-3-10-18(16)23-19-11-4-2-9-17(19)20/h1-12H,(H,22,23). The zero-order chi connectivity index (χ0) is 15.6. The van der Waals surface area contributed by atoms with Crippen LogP contribution in [0.1, 0.15) is 5.56 Å². The summed E-state index contributed by atoms with van der Waals surface area (Å²) in [5, 5.41) is 14.7. The predicted octanol–water partition coefficient (Wildman–Crippen LogP) is 5.00. The summed E-state index contributed by atoms with van der Waals surface area (Å²) in [5.74, 6) is 0. The van der Waals surface area contributed by atoms with Crippen LogP contribution in [0.3, 0.4) is 0 Å². The zero-order valence-electron chi connectivity index (χ0n) is 12.3. The molecule has 3 aromatic carbocycles. The average Bonchev–Trinajstić information content (AvgIpc) is 2.61. The summed E-state index contributed by atoms with van der Waals surface area (Å²) in [7, 11) is 0. The van der Waals surface area contributed by atoms with Crippen LogP contribution in [0.4, 0.5) is 11.4 Å². The monoisotopic (exact) mass is 295 g/mol. The zero-order valence-corrected chi connectivity index (χ0v) is 12.3. The van der Waals surface area contributed by atoms with Crippen LogP contribution in [0.25, 0.3) is 21.8 Å². The van der Waals surface area contributed by atoms with Crippen LogP contribution in [0.15, 0.2) is 72.8 Å². The molecule has 0 bridgehead atoms. The van der Waals surface area contributed by atoms with Gasteiger partial charge in [0.25, 0.3) is 0 Å². The van der Waals surface area contributed by atoms with E-state index in [4.69, 9.17) is 10.2 Å². The molecule has 1 heterocycles. The van der Waals surface area contributed by atoms with Gasteiger partial charge in [-0.25, -0.2) is 4.98 Å². The summed E-state index contributed by atoms with van der Waals surface area (Å²) in [6, 6.07) is 25.8. The van der Waals surface area contributed by atoms with Crippen molar-refractivity contribution in [3.05, 3.63) is 78.4 Å². The topological polar surface area (TPSA) is 48.7 Å². The third kappa shape index (κ3) is 2.37. The highest BCUT2D eigenvalue weighted by Crippen LogP contribution is 2.32. The molecule has 4 aromatic rings. The van der Waals surface area contributed by atoms with Gasteiger partial charge in [0.15, 0.2) is 0 Å². The Morgan fingerprint density at radius 1 is 0.783 bits per heavy atom. The summed E-state index contributed by atoms with van der Waals surface area (Å²) in [6.07, 6.45) is 0. The second-order valence-electron chi connectivity index (χ2n) is 5.34. The van der Waals surface area contributed by atoms with Crippen LogP contribution >= 0.6 is 0 Å². The molecule has 0 atom stereocenters. The molecule has 0 aliphatic rings. The van der Waals surface area contributed by atoms with E-state index in [1.54, 1.807) is 6.07 Å². The van der Waals surface area contributed by atoms with Gasteiger partial charge in [-0.3, -0.25) is 0 Å². The van der Waals surface area contributed by atoms with Crippen molar-refractivity contribution in [2.24, 2.45) is 0 Å². The maximum Gasteiger partial charge on any atom is 0.0992 e. The van der Waals surface area contributed by atoms with Crippen molar-refractivity contribution >= 4 is 33.2 Å². The highest BCUT2D eigenvalue weighted by Gasteiger charge is 2.09. The van der Waals surface area contributed by atoms with Crippen LogP contribution in [-0.2, 0) is 0 Å². The summed E-state index contributed by atoms with van der Waals surface area (Å²) < 4.78 is 0. The Hall–Kier alpha value is -3.38. The van der Waals surface area contributed by atoms with Crippen molar-refractivity contribution in [1.82, 2.24) is 4.98 Å². The van der Waals surface area contributed by atoms with Crippen molar-refractivity contribution in [3.63, 3.8) is 0 Å². The molecule has 0 spiro atoms. The number of nitrogens with zero attached hydrogens (tertiary/aromatic N) is 2. The van der Waals surface area contributed by atoms with Crippen molar-refractivity contribution < 1.29 is 0 Å². The van der Waals surface area contributed by atoms with Crippen LogP contribution in [0, 0.1) is 11.3 Å². The fourth-order valence-electron chi connectivity index (χ4n) is 2.79. The number of rotatable bonds is 2. The molecule has 0 saturated carbocycles. The number of nitrogens with one attached hydrogen (secondary N) is 1. The maximum absolute atomic E-state index is 9.08. The van der Waals surface area contributed by atoms with Gasteiger partial charge >= 0.3 is 0 Å². The van der Waals surface area contributed by atoms with Crippen molar-refractivity contribution in [1.29, 1.82) is 5.26 Å². The number of anilines is 2. The minimum atomic E-state index is 0.637. The maximum atomic E-state index is 9.08. The molecule has 4 rings (SSSR count). The smallest absolute Gasteiger partial charge is 0.0992 e. The van der Waals surface area contributed by atoms with E-state index in [2.05, 4.69) is 23.5 Å². The van der Waals surface area contributed by atoms with Gasteiger partial charge in [0.2, 0.25) is 0 Å². The van der Waals surface area contributed by atoms with Crippen molar-refractivity contribution in [2.45, 2.75) is 0 Å². The van der Waals surface area contributed by atoms with Gasteiger partial charge in [-0.1, -0.05) is 42.5 Å².